The van der Waals surface area contributed by atoms with Crippen molar-refractivity contribution >= 4 is 33.9 Å². The number of ether oxygens (including phenoxy) is 2. The molecule has 3 amide bonds. The van der Waals surface area contributed by atoms with Crippen LogP contribution in [0.1, 0.15) is 23.6 Å². The number of nitrogens with zero attached hydrogens (tertiary/aromatic N) is 1. The van der Waals surface area contributed by atoms with Crippen molar-refractivity contribution in [2.24, 2.45) is 0 Å². The standard InChI is InChI=1S/C23H23BrN2O4/c1-4-9-30-21-18(24)11-17(13-20(21)29-5-2)12-19-22(27)26(23(28)25-19)14-16-8-6-7-15(3)10-16/h4,6-8,10-13H,1,5,9,14H2,2-3H3,(H,25,28)/b19-12+. The first-order valence-electron chi connectivity index (χ1n) is 9.53. The van der Waals surface area contributed by atoms with Gasteiger partial charge in [-0.1, -0.05) is 42.5 Å². The maximum Gasteiger partial charge on any atom is 0.329 e. The van der Waals surface area contributed by atoms with Crippen LogP contribution in [-0.4, -0.2) is 30.1 Å². The molecule has 2 aromatic carbocycles. The second-order valence-corrected chi connectivity index (χ2v) is 7.59. The molecule has 30 heavy (non-hydrogen) atoms. The van der Waals surface area contributed by atoms with E-state index in [1.807, 2.05) is 38.1 Å². The zero-order valence-corrected chi connectivity index (χ0v) is 18.5. The highest BCUT2D eigenvalue weighted by Crippen LogP contribution is 2.37. The lowest BCUT2D eigenvalue weighted by molar-refractivity contribution is -0.123. The molecule has 0 saturated carbocycles. The number of rotatable bonds is 8. The SMILES string of the molecule is C=CCOc1c(Br)cc(/C=C2/NC(=O)N(Cc3cccc(C)c3)C2=O)cc1OCC. The molecule has 1 fully saturated rings. The van der Waals surface area contributed by atoms with Gasteiger partial charge in [0.15, 0.2) is 11.5 Å². The third-order valence-corrected chi connectivity index (χ3v) is 4.96. The van der Waals surface area contributed by atoms with Gasteiger partial charge in [0.1, 0.15) is 12.3 Å². The molecule has 0 aliphatic carbocycles. The van der Waals surface area contributed by atoms with Crippen LogP contribution in [-0.2, 0) is 11.3 Å². The number of urea groups is 1. The molecule has 3 rings (SSSR count). The van der Waals surface area contributed by atoms with Crippen molar-refractivity contribution in [2.45, 2.75) is 20.4 Å². The summed E-state index contributed by atoms with van der Waals surface area (Å²) in [7, 11) is 0. The average molecular weight is 471 g/mol. The van der Waals surface area contributed by atoms with Gasteiger partial charge in [0, 0.05) is 0 Å². The van der Waals surface area contributed by atoms with Crippen molar-refractivity contribution in [3.05, 3.63) is 75.9 Å². The molecule has 156 valence electrons. The highest BCUT2D eigenvalue weighted by Gasteiger charge is 2.33. The first-order chi connectivity index (χ1) is 14.4. The van der Waals surface area contributed by atoms with Gasteiger partial charge in [-0.15, -0.1) is 0 Å². The summed E-state index contributed by atoms with van der Waals surface area (Å²) in [6, 6.07) is 10.8. The molecule has 0 unspecified atom stereocenters. The molecule has 1 aliphatic heterocycles. The highest BCUT2D eigenvalue weighted by atomic mass is 79.9. The molecule has 1 heterocycles. The Balaban J connectivity index is 1.86. The van der Waals surface area contributed by atoms with E-state index >= 15 is 0 Å². The third kappa shape index (κ3) is 4.91. The van der Waals surface area contributed by atoms with E-state index in [9.17, 15) is 9.59 Å². The number of hydrogen-bond acceptors (Lipinski definition) is 4. The maximum absolute atomic E-state index is 12.8. The first kappa shape index (κ1) is 21.6. The fraction of sp³-hybridized carbons (Fsp3) is 0.217. The van der Waals surface area contributed by atoms with Gasteiger partial charge in [-0.2, -0.15) is 0 Å². The summed E-state index contributed by atoms with van der Waals surface area (Å²) in [5.41, 5.74) is 2.87. The van der Waals surface area contributed by atoms with Gasteiger partial charge < -0.3 is 14.8 Å². The summed E-state index contributed by atoms with van der Waals surface area (Å²) in [5, 5.41) is 2.65. The fourth-order valence-electron chi connectivity index (χ4n) is 3.09. The summed E-state index contributed by atoms with van der Waals surface area (Å²) < 4.78 is 12.0. The quantitative estimate of drug-likeness (QED) is 0.341. The lowest BCUT2D eigenvalue weighted by atomic mass is 10.1. The van der Waals surface area contributed by atoms with Crippen LogP contribution in [0.15, 0.2) is 59.2 Å². The minimum absolute atomic E-state index is 0.210. The number of halogens is 1. The number of hydrogen-bond donors (Lipinski definition) is 1. The van der Waals surface area contributed by atoms with Crippen LogP contribution in [0.4, 0.5) is 4.79 Å². The Bertz CT molecular complexity index is 1020. The molecular formula is C23H23BrN2O4. The van der Waals surface area contributed by atoms with Gasteiger partial charge >= 0.3 is 6.03 Å². The molecule has 0 bridgehead atoms. The van der Waals surface area contributed by atoms with Crippen LogP contribution < -0.4 is 14.8 Å². The minimum atomic E-state index is -0.442. The summed E-state index contributed by atoms with van der Waals surface area (Å²) in [5.74, 6) is 0.721. The van der Waals surface area contributed by atoms with Crippen LogP contribution in [0.5, 0.6) is 11.5 Å². The lowest BCUT2D eigenvalue weighted by Gasteiger charge is -2.14. The number of nitrogens with one attached hydrogen (secondary N) is 1. The van der Waals surface area contributed by atoms with Crippen molar-refractivity contribution in [3.63, 3.8) is 0 Å². The van der Waals surface area contributed by atoms with E-state index in [4.69, 9.17) is 9.47 Å². The average Bonchev–Trinajstić information content (AvgIpc) is 2.95. The zero-order valence-electron chi connectivity index (χ0n) is 16.9. The number of aryl methyl sites for hydroxylation is 1. The first-order valence-corrected chi connectivity index (χ1v) is 10.3. The largest absolute Gasteiger partial charge is 0.490 e. The van der Waals surface area contributed by atoms with E-state index in [1.54, 1.807) is 24.3 Å². The Labute approximate surface area is 184 Å². The van der Waals surface area contributed by atoms with Gasteiger partial charge in [0.2, 0.25) is 0 Å². The number of carbonyl (C=O) groups is 2. The topological polar surface area (TPSA) is 67.9 Å². The molecular weight excluding hydrogens is 448 g/mol. The molecule has 0 atom stereocenters. The number of benzene rings is 2. The Morgan fingerprint density at radius 1 is 1.20 bits per heavy atom. The van der Waals surface area contributed by atoms with E-state index in [2.05, 4.69) is 27.8 Å². The molecule has 1 N–H and O–H groups in total. The van der Waals surface area contributed by atoms with Crippen molar-refractivity contribution < 1.29 is 19.1 Å². The van der Waals surface area contributed by atoms with Crippen LogP contribution in [0.2, 0.25) is 0 Å². The minimum Gasteiger partial charge on any atom is -0.490 e. The normalized spacial score (nSPS) is 14.8. The number of amides is 3. The molecule has 7 heteroatoms. The van der Waals surface area contributed by atoms with Crippen LogP contribution in [0, 0.1) is 6.92 Å². The van der Waals surface area contributed by atoms with E-state index in [0.717, 1.165) is 11.1 Å². The van der Waals surface area contributed by atoms with Gasteiger partial charge in [0.25, 0.3) is 5.91 Å². The Hall–Kier alpha value is -3.06. The molecule has 6 nitrogen and oxygen atoms in total. The zero-order chi connectivity index (χ0) is 21.7. The van der Waals surface area contributed by atoms with Crippen molar-refractivity contribution in [1.29, 1.82) is 0 Å². The summed E-state index contributed by atoms with van der Waals surface area (Å²) in [6.07, 6.45) is 3.27. The van der Waals surface area contributed by atoms with Gasteiger partial charge in [-0.3, -0.25) is 9.69 Å². The molecule has 2 aromatic rings. The summed E-state index contributed by atoms with van der Waals surface area (Å²) >= 11 is 3.49. The predicted octanol–water partition coefficient (Wildman–Crippen LogP) is 4.81. The van der Waals surface area contributed by atoms with Gasteiger partial charge in [0.05, 0.1) is 17.6 Å². The molecule has 0 spiro atoms. The lowest BCUT2D eigenvalue weighted by Crippen LogP contribution is -2.30. The molecule has 1 aliphatic rings. The van der Waals surface area contributed by atoms with E-state index in [1.165, 1.54) is 4.90 Å². The Morgan fingerprint density at radius 3 is 2.70 bits per heavy atom. The monoisotopic (exact) mass is 470 g/mol. The third-order valence-electron chi connectivity index (χ3n) is 4.37. The predicted molar refractivity (Wildman–Crippen MR) is 119 cm³/mol. The number of imide groups is 1. The van der Waals surface area contributed by atoms with Crippen LogP contribution in [0.25, 0.3) is 6.08 Å². The van der Waals surface area contributed by atoms with Crippen molar-refractivity contribution in [2.75, 3.05) is 13.2 Å². The molecule has 0 aromatic heterocycles. The molecule has 0 radical (unpaired) electrons. The van der Waals surface area contributed by atoms with Gasteiger partial charge in [-0.05, 0) is 59.1 Å². The second kappa shape index (κ2) is 9.63. The summed E-state index contributed by atoms with van der Waals surface area (Å²) in [6.45, 7) is 8.50. The van der Waals surface area contributed by atoms with E-state index in [0.29, 0.717) is 34.7 Å². The van der Waals surface area contributed by atoms with Crippen molar-refractivity contribution in [3.8, 4) is 11.5 Å². The Morgan fingerprint density at radius 2 is 2.00 bits per heavy atom. The number of carbonyl (C=O) groups excluding carboxylic acids is 2. The summed E-state index contributed by atoms with van der Waals surface area (Å²) in [4.78, 5) is 26.4. The highest BCUT2D eigenvalue weighted by molar-refractivity contribution is 9.10. The molecule has 1 saturated heterocycles. The fourth-order valence-corrected chi connectivity index (χ4v) is 3.67. The van der Waals surface area contributed by atoms with Gasteiger partial charge in [-0.25, -0.2) is 4.79 Å². The van der Waals surface area contributed by atoms with E-state index < -0.39 is 6.03 Å². The van der Waals surface area contributed by atoms with Crippen LogP contribution >= 0.6 is 15.9 Å². The van der Waals surface area contributed by atoms with E-state index in [-0.39, 0.29) is 18.1 Å². The maximum atomic E-state index is 12.8. The smallest absolute Gasteiger partial charge is 0.329 e. The van der Waals surface area contributed by atoms with Crippen LogP contribution in [0.3, 0.4) is 0 Å². The Kier molecular flexibility index (Phi) is 6.95. The second-order valence-electron chi connectivity index (χ2n) is 6.73. The van der Waals surface area contributed by atoms with Crippen molar-refractivity contribution in [1.82, 2.24) is 10.2 Å².